The molecule has 2 heterocycles. The van der Waals surface area contributed by atoms with E-state index in [1.165, 1.54) is 18.6 Å². The summed E-state index contributed by atoms with van der Waals surface area (Å²) in [5.74, 6) is -0.569. The fraction of sp³-hybridized carbons (Fsp3) is 0.444. The van der Waals surface area contributed by atoms with Crippen molar-refractivity contribution < 1.29 is 13.9 Å². The van der Waals surface area contributed by atoms with Crippen LogP contribution in [0.15, 0.2) is 4.42 Å². The molecule has 0 fully saturated rings. The van der Waals surface area contributed by atoms with Gasteiger partial charge < -0.3 is 9.15 Å². The highest BCUT2D eigenvalue weighted by molar-refractivity contribution is 7.09. The number of nitrogens with zero attached hydrogens (tertiary/aromatic N) is 4. The number of methoxy groups -OCH3 is 1. The average molecular weight is 254 g/mol. The van der Waals surface area contributed by atoms with Crippen LogP contribution < -0.4 is 0 Å². The Morgan fingerprint density at radius 2 is 2.24 bits per heavy atom. The number of aromatic nitrogens is 4. The highest BCUT2D eigenvalue weighted by atomic mass is 32.1. The van der Waals surface area contributed by atoms with Gasteiger partial charge in [-0.1, -0.05) is 17.8 Å². The second-order valence-electron chi connectivity index (χ2n) is 3.20. The van der Waals surface area contributed by atoms with E-state index in [1.54, 1.807) is 0 Å². The van der Waals surface area contributed by atoms with E-state index in [2.05, 4.69) is 24.5 Å². The van der Waals surface area contributed by atoms with Gasteiger partial charge in [-0.2, -0.15) is 0 Å². The van der Waals surface area contributed by atoms with Gasteiger partial charge in [0.25, 0.3) is 5.89 Å². The second-order valence-corrected chi connectivity index (χ2v) is 3.96. The molecule has 7 nitrogen and oxygen atoms in total. The summed E-state index contributed by atoms with van der Waals surface area (Å²) in [5, 5.41) is 11.4. The van der Waals surface area contributed by atoms with Gasteiger partial charge in [-0.3, -0.25) is 0 Å². The van der Waals surface area contributed by atoms with Gasteiger partial charge in [-0.05, 0) is 18.0 Å². The number of rotatable bonds is 4. The zero-order valence-electron chi connectivity index (χ0n) is 9.34. The van der Waals surface area contributed by atoms with Crippen LogP contribution in [0, 0.1) is 0 Å². The zero-order valence-corrected chi connectivity index (χ0v) is 10.2. The zero-order chi connectivity index (χ0) is 12.3. The van der Waals surface area contributed by atoms with Crippen LogP contribution in [-0.4, -0.2) is 32.9 Å². The first-order valence-corrected chi connectivity index (χ1v) is 5.77. The summed E-state index contributed by atoms with van der Waals surface area (Å²) in [6, 6.07) is 0. The van der Waals surface area contributed by atoms with Gasteiger partial charge >= 0.3 is 11.9 Å². The van der Waals surface area contributed by atoms with Crippen molar-refractivity contribution in [1.29, 1.82) is 0 Å². The maximum Gasteiger partial charge on any atom is 0.396 e. The molecule has 2 aromatic heterocycles. The molecule has 0 unspecified atom stereocenters. The topological polar surface area (TPSA) is 91.0 Å². The standard InChI is InChI=1S/C9H10N4O3S/c1-3-4-5-6(17-13-10-5)7-11-12-8(16-7)9(14)15-2/h3-4H2,1-2H3. The lowest BCUT2D eigenvalue weighted by Gasteiger charge is -1.93. The van der Waals surface area contributed by atoms with Crippen LogP contribution in [0.3, 0.4) is 0 Å². The SMILES string of the molecule is CCCc1nnsc1-c1nnc(C(=O)OC)o1. The average Bonchev–Trinajstić information content (AvgIpc) is 2.96. The van der Waals surface area contributed by atoms with Gasteiger partial charge in [-0.15, -0.1) is 15.3 Å². The Balaban J connectivity index is 2.30. The Morgan fingerprint density at radius 1 is 1.41 bits per heavy atom. The van der Waals surface area contributed by atoms with E-state index in [-0.39, 0.29) is 11.8 Å². The maximum atomic E-state index is 11.2. The van der Waals surface area contributed by atoms with Gasteiger partial charge in [0, 0.05) is 0 Å². The highest BCUT2D eigenvalue weighted by Gasteiger charge is 2.20. The first-order chi connectivity index (χ1) is 8.26. The van der Waals surface area contributed by atoms with Crippen molar-refractivity contribution >= 4 is 17.5 Å². The van der Waals surface area contributed by atoms with Crippen LogP contribution in [0.1, 0.15) is 29.7 Å². The van der Waals surface area contributed by atoms with Gasteiger partial charge in [0.2, 0.25) is 0 Å². The van der Waals surface area contributed by atoms with E-state index >= 15 is 0 Å². The second kappa shape index (κ2) is 5.00. The number of hydrogen-bond acceptors (Lipinski definition) is 8. The first-order valence-electron chi connectivity index (χ1n) is 4.99. The van der Waals surface area contributed by atoms with Crippen LogP contribution in [0.25, 0.3) is 10.8 Å². The molecule has 0 N–H and O–H groups in total. The molecule has 90 valence electrons. The van der Waals surface area contributed by atoms with E-state index in [4.69, 9.17) is 4.42 Å². The molecule has 0 aliphatic heterocycles. The van der Waals surface area contributed by atoms with E-state index in [0.29, 0.717) is 4.88 Å². The summed E-state index contributed by atoms with van der Waals surface area (Å²) in [5.41, 5.74) is 0.803. The van der Waals surface area contributed by atoms with Crippen LogP contribution in [0.5, 0.6) is 0 Å². The van der Waals surface area contributed by atoms with E-state index in [9.17, 15) is 4.79 Å². The van der Waals surface area contributed by atoms with Crippen molar-refractivity contribution in [3.8, 4) is 10.8 Å². The number of ether oxygens (including phenoxy) is 1. The third-order valence-corrected chi connectivity index (χ3v) is 2.78. The summed E-state index contributed by atoms with van der Waals surface area (Å²) in [7, 11) is 1.25. The number of carbonyl (C=O) groups is 1. The normalized spacial score (nSPS) is 10.5. The summed E-state index contributed by atoms with van der Waals surface area (Å²) < 4.78 is 13.5. The van der Waals surface area contributed by atoms with Crippen LogP contribution in [0.2, 0.25) is 0 Å². The van der Waals surface area contributed by atoms with Gasteiger partial charge in [-0.25, -0.2) is 4.79 Å². The summed E-state index contributed by atoms with van der Waals surface area (Å²) in [4.78, 5) is 11.9. The van der Waals surface area contributed by atoms with Crippen molar-refractivity contribution in [2.24, 2.45) is 0 Å². The van der Waals surface area contributed by atoms with Crippen molar-refractivity contribution in [3.05, 3.63) is 11.6 Å². The molecule has 0 saturated heterocycles. The Kier molecular flexibility index (Phi) is 3.43. The molecular formula is C9H10N4O3S. The minimum Gasteiger partial charge on any atom is -0.462 e. The lowest BCUT2D eigenvalue weighted by molar-refractivity contribution is 0.0556. The van der Waals surface area contributed by atoms with E-state index < -0.39 is 5.97 Å². The summed E-state index contributed by atoms with van der Waals surface area (Å²) in [6.45, 7) is 2.04. The molecule has 2 rings (SSSR count). The Morgan fingerprint density at radius 3 is 2.94 bits per heavy atom. The fourth-order valence-corrected chi connectivity index (χ4v) is 1.89. The summed E-state index contributed by atoms with van der Waals surface area (Å²) in [6.07, 6.45) is 1.72. The quantitative estimate of drug-likeness (QED) is 0.760. The largest absolute Gasteiger partial charge is 0.462 e. The number of hydrogen-bond donors (Lipinski definition) is 0. The maximum absolute atomic E-state index is 11.2. The molecule has 0 amide bonds. The molecule has 0 saturated carbocycles. The molecule has 17 heavy (non-hydrogen) atoms. The Hall–Kier alpha value is -1.83. The van der Waals surface area contributed by atoms with Gasteiger partial charge in [0.1, 0.15) is 4.88 Å². The molecule has 8 heteroatoms. The van der Waals surface area contributed by atoms with E-state index in [1.807, 2.05) is 6.92 Å². The highest BCUT2D eigenvalue weighted by Crippen LogP contribution is 2.25. The number of esters is 1. The molecule has 0 spiro atoms. The smallest absolute Gasteiger partial charge is 0.396 e. The molecule has 0 aliphatic rings. The van der Waals surface area contributed by atoms with Gasteiger partial charge in [0.15, 0.2) is 0 Å². The van der Waals surface area contributed by atoms with Crippen molar-refractivity contribution in [3.63, 3.8) is 0 Å². The Bertz CT molecular complexity index is 522. The van der Waals surface area contributed by atoms with Crippen molar-refractivity contribution in [1.82, 2.24) is 19.8 Å². The third-order valence-electron chi connectivity index (χ3n) is 2.02. The Labute approximate surface area is 101 Å². The predicted molar refractivity (Wildman–Crippen MR) is 58.5 cm³/mol. The molecule has 0 aromatic carbocycles. The lowest BCUT2D eigenvalue weighted by Crippen LogP contribution is -2.00. The van der Waals surface area contributed by atoms with Gasteiger partial charge in [0.05, 0.1) is 12.8 Å². The molecule has 0 atom stereocenters. The number of carbonyl (C=O) groups excluding carboxylic acids is 1. The molecule has 0 aliphatic carbocycles. The minimum atomic E-state index is -0.654. The molecule has 2 aromatic rings. The molecular weight excluding hydrogens is 244 g/mol. The first kappa shape index (κ1) is 11.6. The van der Waals surface area contributed by atoms with E-state index in [0.717, 1.165) is 18.5 Å². The van der Waals surface area contributed by atoms with Crippen molar-refractivity contribution in [2.75, 3.05) is 7.11 Å². The lowest BCUT2D eigenvalue weighted by atomic mass is 10.2. The fourth-order valence-electron chi connectivity index (χ4n) is 1.26. The third kappa shape index (κ3) is 2.31. The number of aryl methyl sites for hydroxylation is 1. The van der Waals surface area contributed by atoms with Crippen LogP contribution in [-0.2, 0) is 11.2 Å². The van der Waals surface area contributed by atoms with Crippen molar-refractivity contribution in [2.45, 2.75) is 19.8 Å². The monoisotopic (exact) mass is 254 g/mol. The summed E-state index contributed by atoms with van der Waals surface area (Å²) >= 11 is 1.17. The van der Waals surface area contributed by atoms with Crippen LogP contribution >= 0.6 is 11.5 Å². The van der Waals surface area contributed by atoms with Crippen LogP contribution in [0.4, 0.5) is 0 Å². The molecule has 0 radical (unpaired) electrons. The molecule has 0 bridgehead atoms. The predicted octanol–water partition coefficient (Wildman–Crippen LogP) is 1.33. The minimum absolute atomic E-state index is 0.168.